The van der Waals surface area contributed by atoms with Gasteiger partial charge in [0, 0.05) is 6.54 Å². The second-order valence-electron chi connectivity index (χ2n) is 5.61. The molecule has 0 aromatic rings. The second-order valence-corrected chi connectivity index (χ2v) is 5.61. The van der Waals surface area contributed by atoms with Crippen LogP contribution in [0.25, 0.3) is 0 Å². The third kappa shape index (κ3) is 3.06. The van der Waals surface area contributed by atoms with Gasteiger partial charge < -0.3 is 14.6 Å². The van der Waals surface area contributed by atoms with Crippen molar-refractivity contribution in [3.63, 3.8) is 0 Å². The summed E-state index contributed by atoms with van der Waals surface area (Å²) in [4.78, 5) is 25.4. The Bertz CT molecular complexity index is 373. The van der Waals surface area contributed by atoms with Crippen molar-refractivity contribution in [1.82, 2.24) is 4.90 Å². The van der Waals surface area contributed by atoms with Crippen LogP contribution in [-0.2, 0) is 14.3 Å². The zero-order chi connectivity index (χ0) is 14.7. The molecule has 1 aliphatic heterocycles. The molecule has 0 spiro atoms. The van der Waals surface area contributed by atoms with Gasteiger partial charge in [0.25, 0.3) is 0 Å². The summed E-state index contributed by atoms with van der Waals surface area (Å²) in [6, 6.07) is -0.589. The Morgan fingerprint density at radius 1 is 1.25 bits per heavy atom. The first-order valence-corrected chi connectivity index (χ1v) is 7.26. The van der Waals surface area contributed by atoms with Crippen LogP contribution < -0.4 is 0 Å². The Morgan fingerprint density at radius 3 is 2.65 bits per heavy atom. The van der Waals surface area contributed by atoms with Gasteiger partial charge >= 0.3 is 12.1 Å². The lowest BCUT2D eigenvalue weighted by molar-refractivity contribution is -0.152. The predicted molar refractivity (Wildman–Crippen MR) is 71.0 cm³/mol. The van der Waals surface area contributed by atoms with E-state index in [0.29, 0.717) is 31.9 Å². The summed E-state index contributed by atoms with van der Waals surface area (Å²) in [6.45, 7) is 2.55. The zero-order valence-electron chi connectivity index (χ0n) is 12.1. The maximum Gasteiger partial charge on any atom is 0.410 e. The van der Waals surface area contributed by atoms with Crippen molar-refractivity contribution in [3.05, 3.63) is 0 Å². The molecule has 6 nitrogen and oxygen atoms in total. The summed E-state index contributed by atoms with van der Waals surface area (Å²) < 4.78 is 9.84. The van der Waals surface area contributed by atoms with Gasteiger partial charge in [-0.25, -0.2) is 9.59 Å². The van der Waals surface area contributed by atoms with E-state index < -0.39 is 12.1 Å². The molecule has 1 saturated heterocycles. The van der Waals surface area contributed by atoms with E-state index >= 15 is 0 Å². The molecule has 20 heavy (non-hydrogen) atoms. The number of hydrogen-bond acceptors (Lipinski definition) is 5. The summed E-state index contributed by atoms with van der Waals surface area (Å²) in [6.07, 6.45) is 2.14. The molecule has 4 atom stereocenters. The molecule has 2 fully saturated rings. The number of nitrogens with zero attached hydrogens (tertiary/aromatic N) is 1. The number of amides is 1. The molecular weight excluding hydrogens is 262 g/mol. The summed E-state index contributed by atoms with van der Waals surface area (Å²) in [7, 11) is 1.32. The first-order chi connectivity index (χ1) is 9.56. The number of fused-ring (bicyclic) bond motifs is 1. The Hall–Kier alpha value is -1.30. The summed E-state index contributed by atoms with van der Waals surface area (Å²) in [5.41, 5.74) is 0. The number of likely N-dealkylation sites (tertiary alicyclic amines) is 1. The number of esters is 1. The fourth-order valence-corrected chi connectivity index (χ4v) is 3.41. The van der Waals surface area contributed by atoms with Crippen LogP contribution in [0.5, 0.6) is 0 Å². The second kappa shape index (κ2) is 6.43. The molecule has 1 heterocycles. The highest BCUT2D eigenvalue weighted by atomic mass is 16.6. The third-order valence-corrected chi connectivity index (χ3v) is 4.41. The van der Waals surface area contributed by atoms with E-state index in [-0.39, 0.29) is 18.0 Å². The van der Waals surface area contributed by atoms with E-state index in [1.54, 1.807) is 6.92 Å². The van der Waals surface area contributed by atoms with Crippen LogP contribution in [0, 0.1) is 11.8 Å². The molecule has 1 aliphatic carbocycles. The van der Waals surface area contributed by atoms with Gasteiger partial charge in [-0.15, -0.1) is 0 Å². The molecule has 1 saturated carbocycles. The highest BCUT2D eigenvalue weighted by Crippen LogP contribution is 2.39. The van der Waals surface area contributed by atoms with Crippen LogP contribution in [-0.4, -0.2) is 54.5 Å². The number of methoxy groups -OCH3 is 1. The Balaban J connectivity index is 2.13. The minimum atomic E-state index is -0.589. The van der Waals surface area contributed by atoms with Crippen molar-refractivity contribution in [2.45, 2.75) is 44.8 Å². The highest BCUT2D eigenvalue weighted by Gasteiger charge is 2.44. The van der Waals surface area contributed by atoms with Crippen molar-refractivity contribution in [2.24, 2.45) is 11.8 Å². The lowest BCUT2D eigenvalue weighted by Gasteiger charge is -2.45. The molecule has 114 valence electrons. The highest BCUT2D eigenvalue weighted by molar-refractivity contribution is 5.81. The van der Waals surface area contributed by atoms with Gasteiger partial charge in [0.15, 0.2) is 0 Å². The number of rotatable bonds is 2. The number of piperidine rings is 1. The number of carbonyl (C=O) groups is 2. The Morgan fingerprint density at radius 2 is 2.00 bits per heavy atom. The van der Waals surface area contributed by atoms with E-state index in [9.17, 15) is 14.7 Å². The smallest absolute Gasteiger partial charge is 0.410 e. The van der Waals surface area contributed by atoms with Crippen LogP contribution >= 0.6 is 0 Å². The fourth-order valence-electron chi connectivity index (χ4n) is 3.41. The number of aliphatic hydroxyl groups is 1. The number of carbonyl (C=O) groups excluding carboxylic acids is 2. The number of hydrogen-bond donors (Lipinski definition) is 1. The normalized spacial score (nSPS) is 33.2. The fraction of sp³-hybridized carbons (Fsp3) is 0.857. The van der Waals surface area contributed by atoms with E-state index in [1.165, 1.54) is 12.0 Å². The molecule has 0 unspecified atom stereocenters. The molecule has 0 radical (unpaired) electrons. The maximum atomic E-state index is 12.1. The van der Waals surface area contributed by atoms with E-state index in [2.05, 4.69) is 0 Å². The SMILES string of the molecule is CCOC(=O)[C@@H]1C[C@H]2C[C@@H](O)CC[C@@H]2CN1C(=O)OC. The quantitative estimate of drug-likeness (QED) is 0.771. The summed E-state index contributed by atoms with van der Waals surface area (Å²) in [5.74, 6) is 0.230. The summed E-state index contributed by atoms with van der Waals surface area (Å²) >= 11 is 0. The van der Waals surface area contributed by atoms with Gasteiger partial charge in [0.1, 0.15) is 6.04 Å². The van der Waals surface area contributed by atoms with Gasteiger partial charge in [0.2, 0.25) is 0 Å². The Labute approximate surface area is 119 Å². The first-order valence-electron chi connectivity index (χ1n) is 7.26. The van der Waals surface area contributed by atoms with Crippen LogP contribution in [0.3, 0.4) is 0 Å². The first kappa shape index (κ1) is 15.1. The predicted octanol–water partition coefficient (Wildman–Crippen LogP) is 1.17. The van der Waals surface area contributed by atoms with Crippen LogP contribution in [0.2, 0.25) is 0 Å². The molecule has 6 heteroatoms. The van der Waals surface area contributed by atoms with Crippen LogP contribution in [0.4, 0.5) is 4.79 Å². The van der Waals surface area contributed by atoms with Crippen molar-refractivity contribution in [2.75, 3.05) is 20.3 Å². The lowest BCUT2D eigenvalue weighted by Crippen LogP contribution is -2.55. The Kier molecular flexibility index (Phi) is 4.86. The zero-order valence-corrected chi connectivity index (χ0v) is 12.1. The average Bonchev–Trinajstić information content (AvgIpc) is 2.45. The van der Waals surface area contributed by atoms with Gasteiger partial charge in [-0.1, -0.05) is 0 Å². The average molecular weight is 285 g/mol. The molecule has 1 N–H and O–H groups in total. The molecule has 0 bridgehead atoms. The van der Waals surface area contributed by atoms with Gasteiger partial charge in [-0.3, -0.25) is 4.90 Å². The lowest BCUT2D eigenvalue weighted by atomic mass is 9.72. The molecule has 2 aliphatic rings. The van der Waals surface area contributed by atoms with Gasteiger partial charge in [-0.05, 0) is 44.4 Å². The molecule has 2 rings (SSSR count). The molecule has 0 aromatic heterocycles. The van der Waals surface area contributed by atoms with E-state index in [0.717, 1.165) is 12.8 Å². The topological polar surface area (TPSA) is 76.1 Å². The minimum absolute atomic E-state index is 0.272. The van der Waals surface area contributed by atoms with E-state index in [1.807, 2.05) is 0 Å². The minimum Gasteiger partial charge on any atom is -0.464 e. The largest absolute Gasteiger partial charge is 0.464 e. The molecule has 1 amide bonds. The third-order valence-electron chi connectivity index (χ3n) is 4.41. The van der Waals surface area contributed by atoms with E-state index in [4.69, 9.17) is 9.47 Å². The van der Waals surface area contributed by atoms with Crippen LogP contribution in [0.1, 0.15) is 32.6 Å². The van der Waals surface area contributed by atoms with Gasteiger partial charge in [-0.2, -0.15) is 0 Å². The van der Waals surface area contributed by atoms with Crippen molar-refractivity contribution in [1.29, 1.82) is 0 Å². The van der Waals surface area contributed by atoms with Crippen molar-refractivity contribution >= 4 is 12.1 Å². The number of ether oxygens (including phenoxy) is 2. The summed E-state index contributed by atoms with van der Waals surface area (Å²) in [5, 5.41) is 9.78. The standard InChI is InChI=1S/C14H23NO5/c1-3-20-13(17)12-7-10-6-11(16)5-4-9(10)8-15(12)14(18)19-2/h9-12,16H,3-8H2,1-2H3/t9-,10-,11+,12+/m1/s1. The van der Waals surface area contributed by atoms with Gasteiger partial charge in [0.05, 0.1) is 19.8 Å². The van der Waals surface area contributed by atoms with Crippen molar-refractivity contribution < 1.29 is 24.2 Å². The monoisotopic (exact) mass is 285 g/mol. The van der Waals surface area contributed by atoms with Crippen LogP contribution in [0.15, 0.2) is 0 Å². The maximum absolute atomic E-state index is 12.1. The van der Waals surface area contributed by atoms with Crippen molar-refractivity contribution in [3.8, 4) is 0 Å². The molecular formula is C14H23NO5. The molecule has 0 aromatic carbocycles. The number of aliphatic hydroxyl groups excluding tert-OH is 1.